The highest BCUT2D eigenvalue weighted by molar-refractivity contribution is 14.1. The summed E-state index contributed by atoms with van der Waals surface area (Å²) in [7, 11) is 4.15. The maximum absolute atomic E-state index is 13.6. The van der Waals surface area contributed by atoms with Crippen LogP contribution in [0.15, 0.2) is 12.1 Å². The molecule has 94 valence electrons. The third kappa shape index (κ3) is 2.65. The molecule has 0 amide bonds. The van der Waals surface area contributed by atoms with Crippen molar-refractivity contribution in [2.45, 2.75) is 12.5 Å². The van der Waals surface area contributed by atoms with Gasteiger partial charge in [0.2, 0.25) is 0 Å². The van der Waals surface area contributed by atoms with Crippen molar-refractivity contribution in [3.05, 3.63) is 21.5 Å². The van der Waals surface area contributed by atoms with Gasteiger partial charge in [0, 0.05) is 25.2 Å². The normalized spacial score (nSPS) is 20.3. The number of hydrogen-bond acceptors (Lipinski definition) is 3. The molecule has 0 aliphatic carbocycles. The molecular formula is C12H17FIN3. The van der Waals surface area contributed by atoms with Gasteiger partial charge in [-0.15, -0.1) is 0 Å². The van der Waals surface area contributed by atoms with Crippen LogP contribution in [0.2, 0.25) is 0 Å². The molecule has 1 aliphatic heterocycles. The number of nitrogens with two attached hydrogens (primary N) is 1. The summed E-state index contributed by atoms with van der Waals surface area (Å²) in [6.07, 6.45) is 1.10. The van der Waals surface area contributed by atoms with E-state index < -0.39 is 0 Å². The summed E-state index contributed by atoms with van der Waals surface area (Å²) in [5, 5.41) is 0. The van der Waals surface area contributed by atoms with Gasteiger partial charge in [-0.2, -0.15) is 0 Å². The molecule has 1 unspecified atom stereocenters. The number of hydrogen-bond donors (Lipinski definition) is 1. The molecule has 1 atom stereocenters. The lowest BCUT2D eigenvalue weighted by atomic mass is 10.2. The fourth-order valence-corrected chi connectivity index (χ4v) is 2.70. The van der Waals surface area contributed by atoms with Gasteiger partial charge in [0.05, 0.1) is 14.9 Å². The standard InChI is InChI=1S/C12H17FIN3/c1-16(2)8-3-4-17(7-8)12-5-9(13)10(14)6-11(12)15/h5-6,8H,3-4,7,15H2,1-2H3. The molecule has 1 aromatic carbocycles. The van der Waals surface area contributed by atoms with Crippen molar-refractivity contribution in [3.8, 4) is 0 Å². The number of nitrogens with zero attached hydrogens (tertiary/aromatic N) is 2. The van der Waals surface area contributed by atoms with Crippen LogP contribution in [0.5, 0.6) is 0 Å². The van der Waals surface area contributed by atoms with Crippen molar-refractivity contribution in [2.75, 3.05) is 37.8 Å². The molecule has 5 heteroatoms. The lowest BCUT2D eigenvalue weighted by Gasteiger charge is -2.23. The van der Waals surface area contributed by atoms with Gasteiger partial charge < -0.3 is 15.5 Å². The summed E-state index contributed by atoms with van der Waals surface area (Å²) < 4.78 is 14.1. The van der Waals surface area contributed by atoms with Crippen LogP contribution >= 0.6 is 22.6 Å². The number of benzene rings is 1. The molecule has 1 saturated heterocycles. The minimum Gasteiger partial charge on any atom is -0.397 e. The lowest BCUT2D eigenvalue weighted by molar-refractivity contribution is 0.315. The van der Waals surface area contributed by atoms with Crippen LogP contribution in [0.1, 0.15) is 6.42 Å². The fourth-order valence-electron chi connectivity index (χ4n) is 2.21. The van der Waals surface area contributed by atoms with E-state index in [-0.39, 0.29) is 5.82 Å². The molecule has 0 saturated carbocycles. The zero-order valence-corrected chi connectivity index (χ0v) is 12.2. The predicted molar refractivity (Wildman–Crippen MR) is 77.8 cm³/mol. The SMILES string of the molecule is CN(C)C1CCN(c2cc(F)c(I)cc2N)C1. The van der Waals surface area contributed by atoms with E-state index in [1.165, 1.54) is 0 Å². The van der Waals surface area contributed by atoms with E-state index >= 15 is 0 Å². The van der Waals surface area contributed by atoms with Gasteiger partial charge in [0.15, 0.2) is 0 Å². The summed E-state index contributed by atoms with van der Waals surface area (Å²) in [4.78, 5) is 4.37. The van der Waals surface area contributed by atoms with E-state index in [0.29, 0.717) is 15.3 Å². The van der Waals surface area contributed by atoms with Gasteiger partial charge in [-0.05, 0) is 49.2 Å². The predicted octanol–water partition coefficient (Wildman–Crippen LogP) is 2.15. The Kier molecular flexibility index (Phi) is 3.77. The highest BCUT2D eigenvalue weighted by atomic mass is 127. The van der Waals surface area contributed by atoms with E-state index in [4.69, 9.17) is 5.73 Å². The molecule has 3 nitrogen and oxygen atoms in total. The number of halogens is 2. The Bertz CT molecular complexity index is 422. The number of nitrogen functional groups attached to an aromatic ring is 1. The fraction of sp³-hybridized carbons (Fsp3) is 0.500. The second-order valence-corrected chi connectivity index (χ2v) is 5.84. The van der Waals surface area contributed by atoms with E-state index in [0.717, 1.165) is 25.2 Å². The van der Waals surface area contributed by atoms with Crippen LogP contribution in [0.4, 0.5) is 15.8 Å². The Morgan fingerprint density at radius 2 is 2.18 bits per heavy atom. The van der Waals surface area contributed by atoms with Gasteiger partial charge in [0.1, 0.15) is 5.82 Å². The third-order valence-corrected chi connectivity index (χ3v) is 4.13. The van der Waals surface area contributed by atoms with Crippen LogP contribution in [0, 0.1) is 9.39 Å². The van der Waals surface area contributed by atoms with Gasteiger partial charge in [-0.25, -0.2) is 4.39 Å². The smallest absolute Gasteiger partial charge is 0.138 e. The zero-order valence-electron chi connectivity index (χ0n) is 10.1. The Morgan fingerprint density at radius 3 is 2.76 bits per heavy atom. The maximum atomic E-state index is 13.6. The molecule has 1 fully saturated rings. The van der Waals surface area contributed by atoms with Gasteiger partial charge >= 0.3 is 0 Å². The lowest BCUT2D eigenvalue weighted by Crippen LogP contribution is -2.31. The third-order valence-electron chi connectivity index (χ3n) is 3.30. The highest BCUT2D eigenvalue weighted by Gasteiger charge is 2.25. The van der Waals surface area contributed by atoms with E-state index in [2.05, 4.69) is 23.9 Å². The van der Waals surface area contributed by atoms with Crippen LogP contribution in [0.25, 0.3) is 0 Å². The molecular weight excluding hydrogens is 332 g/mol. The van der Waals surface area contributed by atoms with Gasteiger partial charge in [-0.3, -0.25) is 0 Å². The Labute approximate surface area is 115 Å². The molecule has 0 spiro atoms. The molecule has 0 aromatic heterocycles. The quantitative estimate of drug-likeness (QED) is 0.656. The number of rotatable bonds is 2. The molecule has 2 N–H and O–H groups in total. The van der Waals surface area contributed by atoms with Gasteiger partial charge in [0.25, 0.3) is 0 Å². The Morgan fingerprint density at radius 1 is 1.47 bits per heavy atom. The van der Waals surface area contributed by atoms with Crippen molar-refractivity contribution in [2.24, 2.45) is 0 Å². The minimum atomic E-state index is -0.192. The van der Waals surface area contributed by atoms with Crippen molar-refractivity contribution in [3.63, 3.8) is 0 Å². The molecule has 17 heavy (non-hydrogen) atoms. The second-order valence-electron chi connectivity index (χ2n) is 4.68. The van der Waals surface area contributed by atoms with Crippen LogP contribution in [0.3, 0.4) is 0 Å². The van der Waals surface area contributed by atoms with E-state index in [1.807, 2.05) is 22.6 Å². The monoisotopic (exact) mass is 349 g/mol. The number of likely N-dealkylation sites (N-methyl/N-ethyl adjacent to an activating group) is 1. The van der Waals surface area contributed by atoms with Crippen molar-refractivity contribution in [1.82, 2.24) is 4.90 Å². The Hall–Kier alpha value is -0.560. The van der Waals surface area contributed by atoms with Crippen molar-refractivity contribution < 1.29 is 4.39 Å². The first-order chi connectivity index (χ1) is 7.99. The largest absolute Gasteiger partial charge is 0.397 e. The first-order valence-corrected chi connectivity index (χ1v) is 6.73. The van der Waals surface area contributed by atoms with E-state index in [9.17, 15) is 4.39 Å². The van der Waals surface area contributed by atoms with Crippen molar-refractivity contribution in [1.29, 1.82) is 0 Å². The first kappa shape index (κ1) is 12.9. The average Bonchev–Trinajstić information content (AvgIpc) is 2.72. The molecule has 0 radical (unpaired) electrons. The summed E-state index contributed by atoms with van der Waals surface area (Å²) >= 11 is 1.96. The maximum Gasteiger partial charge on any atom is 0.138 e. The summed E-state index contributed by atoms with van der Waals surface area (Å²) in [5.74, 6) is -0.192. The van der Waals surface area contributed by atoms with Crippen LogP contribution < -0.4 is 10.6 Å². The first-order valence-electron chi connectivity index (χ1n) is 5.65. The van der Waals surface area contributed by atoms with Crippen molar-refractivity contribution >= 4 is 34.0 Å². The number of anilines is 2. The topological polar surface area (TPSA) is 32.5 Å². The highest BCUT2D eigenvalue weighted by Crippen LogP contribution is 2.30. The molecule has 2 rings (SSSR count). The summed E-state index contributed by atoms with van der Waals surface area (Å²) in [6.45, 7) is 1.85. The van der Waals surface area contributed by atoms with E-state index in [1.54, 1.807) is 12.1 Å². The zero-order chi connectivity index (χ0) is 12.6. The minimum absolute atomic E-state index is 0.192. The van der Waals surface area contributed by atoms with Crippen LogP contribution in [-0.2, 0) is 0 Å². The molecule has 0 bridgehead atoms. The second kappa shape index (κ2) is 4.97. The van der Waals surface area contributed by atoms with Crippen LogP contribution in [-0.4, -0.2) is 38.1 Å². The molecule has 1 heterocycles. The average molecular weight is 349 g/mol. The van der Waals surface area contributed by atoms with Gasteiger partial charge in [-0.1, -0.05) is 0 Å². The molecule has 1 aromatic rings. The Balaban J connectivity index is 2.22. The summed E-state index contributed by atoms with van der Waals surface area (Å²) in [5.41, 5.74) is 7.45. The summed E-state index contributed by atoms with van der Waals surface area (Å²) in [6, 6.07) is 3.78. The molecule has 1 aliphatic rings.